The van der Waals surface area contributed by atoms with Gasteiger partial charge in [-0.2, -0.15) is 0 Å². The third-order valence-corrected chi connectivity index (χ3v) is 6.65. The van der Waals surface area contributed by atoms with Gasteiger partial charge in [0, 0.05) is 11.5 Å². The first-order valence-electron chi connectivity index (χ1n) is 9.86. The van der Waals surface area contributed by atoms with Crippen molar-refractivity contribution < 1.29 is 40.0 Å². The van der Waals surface area contributed by atoms with Gasteiger partial charge in [0.05, 0.1) is 10.9 Å². The van der Waals surface area contributed by atoms with Crippen LogP contribution in [0.1, 0.15) is 12.0 Å². The Kier molecular flexibility index (Phi) is 12.4. The quantitative estimate of drug-likeness (QED) is 0.282. The van der Waals surface area contributed by atoms with Gasteiger partial charge in [0.2, 0.25) is 5.91 Å². The number of phenols is 1. The van der Waals surface area contributed by atoms with Crippen molar-refractivity contribution in [2.45, 2.75) is 17.4 Å². The zero-order chi connectivity index (χ0) is 24.4. The normalized spacial score (nSPS) is 18.1. The topological polar surface area (TPSA) is 94.6 Å². The van der Waals surface area contributed by atoms with E-state index in [2.05, 4.69) is 20.2 Å². The minimum atomic E-state index is -4.07. The molecule has 1 atom stereocenters. The molecule has 0 bridgehead atoms. The summed E-state index contributed by atoms with van der Waals surface area (Å²) < 4.78 is 34.5. The molecule has 8 radical (unpaired) electrons. The number of amides is 1. The number of para-hydroxylation sites is 1. The van der Waals surface area contributed by atoms with Crippen LogP contribution in [0.5, 0.6) is 5.75 Å². The molecule has 174 valence electrons. The van der Waals surface area contributed by atoms with Crippen molar-refractivity contribution in [3.63, 3.8) is 0 Å². The number of nitrogens with zero attached hydrogens (tertiary/aromatic N) is 1. The predicted octanol–water partition coefficient (Wildman–Crippen LogP) is 3.88. The number of benzene rings is 2. The molecule has 2 fully saturated rings. The minimum absolute atomic E-state index is 0. The third-order valence-electron chi connectivity index (χ3n) is 4.84. The Balaban J connectivity index is 0.000000630. The van der Waals surface area contributed by atoms with Gasteiger partial charge in [-0.15, -0.1) is 6.58 Å². The zero-order valence-electron chi connectivity index (χ0n) is 18.1. The van der Waals surface area contributed by atoms with E-state index >= 15 is 0 Å². The van der Waals surface area contributed by atoms with Gasteiger partial charge in [0.1, 0.15) is 11.7 Å². The second-order valence-corrected chi connectivity index (χ2v) is 8.65. The minimum Gasteiger partial charge on any atom is -0.508 e. The molecular formula is C26H23FeNO5S+2. The second-order valence-electron chi connectivity index (χ2n) is 6.84. The van der Waals surface area contributed by atoms with Crippen molar-refractivity contribution in [1.29, 1.82) is 0 Å². The first kappa shape index (κ1) is 29.7. The Morgan fingerprint density at radius 3 is 1.97 bits per heavy atom. The Labute approximate surface area is 213 Å². The van der Waals surface area contributed by atoms with Crippen molar-refractivity contribution >= 4 is 15.9 Å². The fraction of sp³-hybridized carbons (Fsp3) is 0.0769. The summed E-state index contributed by atoms with van der Waals surface area (Å²) in [5.74, 6) is -0.356. The molecule has 1 aliphatic carbocycles. The van der Waals surface area contributed by atoms with Crippen LogP contribution in [0, 0.1) is 57.5 Å². The van der Waals surface area contributed by atoms with Gasteiger partial charge in [-0.3, -0.25) is 4.79 Å². The molecule has 1 saturated carbocycles. The van der Waals surface area contributed by atoms with Crippen LogP contribution in [-0.2, 0) is 36.5 Å². The summed E-state index contributed by atoms with van der Waals surface area (Å²) in [5.41, 5.74) is 0.266. The van der Waals surface area contributed by atoms with Gasteiger partial charge >= 0.3 is 28.4 Å². The van der Waals surface area contributed by atoms with Crippen LogP contribution in [0.25, 0.3) is 0 Å². The fourth-order valence-electron chi connectivity index (χ4n) is 3.37. The summed E-state index contributed by atoms with van der Waals surface area (Å²) in [6.45, 7) is 12.1. The summed E-state index contributed by atoms with van der Waals surface area (Å²) in [5, 5.41) is 10.1. The largest absolute Gasteiger partial charge is 2.00 e. The first-order valence-corrected chi connectivity index (χ1v) is 11.3. The molecule has 1 unspecified atom stereocenters. The molecule has 4 rings (SSSR count). The molecule has 1 heterocycles. The van der Waals surface area contributed by atoms with Crippen molar-refractivity contribution in [1.82, 2.24) is 4.31 Å². The molecule has 1 aliphatic heterocycles. The number of rotatable bonds is 5. The second kappa shape index (κ2) is 14.1. The van der Waals surface area contributed by atoms with E-state index in [9.17, 15) is 18.3 Å². The van der Waals surface area contributed by atoms with E-state index in [1.807, 2.05) is 32.1 Å². The van der Waals surface area contributed by atoms with Crippen LogP contribution in [0.3, 0.4) is 0 Å². The van der Waals surface area contributed by atoms with Crippen molar-refractivity contribution in [2.24, 2.45) is 0 Å². The van der Waals surface area contributed by atoms with Crippen LogP contribution in [0.15, 0.2) is 72.1 Å². The van der Waals surface area contributed by atoms with Gasteiger partial charge in [-0.1, -0.05) is 42.5 Å². The molecule has 34 heavy (non-hydrogen) atoms. The standard InChI is InChI=1S/C20H18NO4S.C5H5.CO.Fe/c1-3-9-17-14(2)19(16-12-7-8-13-18(16)22)20(23)21(17)26(24,25)15-10-5-4-6-11-15;1-2-4-5-3-1;1-2;/h3-8,10-13,17,22H,1-2,9H2;1-5H;;/q;;;+2. The summed E-state index contributed by atoms with van der Waals surface area (Å²) in [6, 6.07) is 13.3. The number of hydrogen-bond donors (Lipinski definition) is 1. The van der Waals surface area contributed by atoms with Crippen molar-refractivity contribution in [3.8, 4) is 5.75 Å². The van der Waals surface area contributed by atoms with E-state index in [1.54, 1.807) is 42.5 Å². The number of sulfonamides is 1. The summed E-state index contributed by atoms with van der Waals surface area (Å²) in [6.07, 6.45) is 11.8. The van der Waals surface area contributed by atoms with Gasteiger partial charge in [-0.25, -0.2) is 12.7 Å². The number of phenolic OH excluding ortho intramolecular Hbond substituents is 1. The molecule has 2 aliphatic rings. The maximum Gasteiger partial charge on any atom is 2.00 e. The molecular weight excluding hydrogens is 494 g/mol. The SMILES string of the molecule is [C-]#[O+].[CH2][C]1[C](c2ccccc2O)C(=O)N(S(=O)(=O)c2ccccc2)C1CC=C.[CH]1[CH][CH][CH][CH]1.[Fe+2]. The van der Waals surface area contributed by atoms with E-state index < -0.39 is 22.0 Å². The predicted molar refractivity (Wildman–Crippen MR) is 124 cm³/mol. The first-order chi connectivity index (χ1) is 15.9. The maximum atomic E-state index is 13.1. The van der Waals surface area contributed by atoms with E-state index in [-0.39, 0.29) is 45.6 Å². The Bertz CT molecular complexity index is 1040. The molecule has 1 N–H and O–H groups in total. The van der Waals surface area contributed by atoms with Crippen LogP contribution in [0.4, 0.5) is 0 Å². The third kappa shape index (κ3) is 6.62. The van der Waals surface area contributed by atoms with E-state index in [4.69, 9.17) is 4.65 Å². The molecule has 0 spiro atoms. The Morgan fingerprint density at radius 1 is 0.971 bits per heavy atom. The zero-order valence-corrected chi connectivity index (χ0v) is 20.1. The molecule has 1 saturated heterocycles. The van der Waals surface area contributed by atoms with Crippen molar-refractivity contribution in [3.05, 3.63) is 130 Å². The van der Waals surface area contributed by atoms with Gasteiger partial charge in [0.25, 0.3) is 10.0 Å². The van der Waals surface area contributed by atoms with E-state index in [1.165, 1.54) is 18.2 Å². The average molecular weight is 517 g/mol. The van der Waals surface area contributed by atoms with E-state index in [0.717, 1.165) is 4.31 Å². The number of hydrogen-bond acceptors (Lipinski definition) is 4. The molecule has 8 heteroatoms. The number of aromatic hydroxyl groups is 1. The van der Waals surface area contributed by atoms with Crippen molar-refractivity contribution in [2.75, 3.05) is 0 Å². The van der Waals surface area contributed by atoms with Gasteiger partial charge in [-0.05, 0) is 63.6 Å². The van der Waals surface area contributed by atoms with Crippen LogP contribution in [0.2, 0.25) is 0 Å². The fourth-order valence-corrected chi connectivity index (χ4v) is 4.96. The van der Waals surface area contributed by atoms with Crippen LogP contribution in [-0.4, -0.2) is 29.8 Å². The Hall–Kier alpha value is -2.34. The summed E-state index contributed by atoms with van der Waals surface area (Å²) in [4.78, 5) is 13.1. The average Bonchev–Trinajstić information content (AvgIpc) is 3.49. The van der Waals surface area contributed by atoms with Crippen LogP contribution >= 0.6 is 0 Å². The summed E-state index contributed by atoms with van der Waals surface area (Å²) in [7, 11) is -4.07. The maximum absolute atomic E-state index is 13.1. The van der Waals surface area contributed by atoms with Crippen LogP contribution < -0.4 is 0 Å². The molecule has 6 nitrogen and oxygen atoms in total. The number of carbonyl (C=O) groups excluding carboxylic acids is 1. The smallest absolute Gasteiger partial charge is 0.508 e. The Morgan fingerprint density at radius 2 is 1.47 bits per heavy atom. The molecule has 2 aromatic rings. The van der Waals surface area contributed by atoms with Gasteiger partial charge in [0.15, 0.2) is 0 Å². The molecule has 0 aromatic heterocycles. The molecule has 1 amide bonds. The number of carbonyl (C=O) groups is 1. The van der Waals surface area contributed by atoms with E-state index in [0.29, 0.717) is 5.92 Å². The van der Waals surface area contributed by atoms with Gasteiger partial charge < -0.3 is 5.11 Å². The summed E-state index contributed by atoms with van der Waals surface area (Å²) >= 11 is 0. The monoisotopic (exact) mass is 517 g/mol. The molecule has 2 aromatic carbocycles.